The van der Waals surface area contributed by atoms with Crippen LogP contribution in [0.5, 0.6) is 0 Å². The molecule has 0 spiro atoms. The van der Waals surface area contributed by atoms with Crippen LogP contribution in [-0.4, -0.2) is 9.55 Å². The Bertz CT molecular complexity index is 532. The molecule has 0 saturated heterocycles. The second-order valence-electron chi connectivity index (χ2n) is 4.91. The summed E-state index contributed by atoms with van der Waals surface area (Å²) in [5.74, 6) is 1.48. The van der Waals surface area contributed by atoms with Crippen LogP contribution in [-0.2, 0) is 6.54 Å². The normalized spacial score (nSPS) is 10.9. The predicted molar refractivity (Wildman–Crippen MR) is 79.2 cm³/mol. The molecule has 0 atom stereocenters. The fourth-order valence-corrected chi connectivity index (χ4v) is 2.41. The van der Waals surface area contributed by atoms with Gasteiger partial charge in [-0.1, -0.05) is 19.9 Å². The van der Waals surface area contributed by atoms with Gasteiger partial charge in [-0.2, -0.15) is 0 Å². The summed E-state index contributed by atoms with van der Waals surface area (Å²) in [6.07, 6.45) is 3.83. The van der Waals surface area contributed by atoms with Crippen LogP contribution < -0.4 is 5.32 Å². The van der Waals surface area contributed by atoms with E-state index in [9.17, 15) is 0 Å². The van der Waals surface area contributed by atoms with Gasteiger partial charge >= 0.3 is 0 Å². The molecule has 0 aliphatic rings. The molecule has 2 rings (SSSR count). The van der Waals surface area contributed by atoms with E-state index in [0.717, 1.165) is 22.7 Å². The summed E-state index contributed by atoms with van der Waals surface area (Å²) < 4.78 is 3.19. The monoisotopic (exact) mass is 307 g/mol. The molecule has 18 heavy (non-hydrogen) atoms. The fourth-order valence-electron chi connectivity index (χ4n) is 1.82. The van der Waals surface area contributed by atoms with Crippen molar-refractivity contribution in [2.45, 2.75) is 27.3 Å². The molecule has 3 nitrogen and oxygen atoms in total. The molecule has 96 valence electrons. The van der Waals surface area contributed by atoms with Crippen LogP contribution in [0.4, 0.5) is 11.6 Å². The molecule has 1 heterocycles. The van der Waals surface area contributed by atoms with E-state index in [1.54, 1.807) is 0 Å². The number of rotatable bonds is 4. The van der Waals surface area contributed by atoms with E-state index in [4.69, 9.17) is 0 Å². The first-order valence-electron chi connectivity index (χ1n) is 6.10. The average molecular weight is 308 g/mol. The lowest BCUT2D eigenvalue weighted by Gasteiger charge is -2.13. The number of benzene rings is 1. The van der Waals surface area contributed by atoms with Gasteiger partial charge in [0.25, 0.3) is 0 Å². The van der Waals surface area contributed by atoms with Crippen LogP contribution in [0, 0.1) is 12.8 Å². The standard InChI is InChI=1S/C14H18BrN3/c1-10(2)9-18-7-6-16-14(18)17-13-5-4-11(3)8-12(13)15/h4-8,10H,9H2,1-3H3,(H,16,17). The van der Waals surface area contributed by atoms with E-state index in [1.807, 2.05) is 12.4 Å². The fraction of sp³-hybridized carbons (Fsp3) is 0.357. The van der Waals surface area contributed by atoms with Gasteiger partial charge in [0.1, 0.15) is 0 Å². The first-order valence-corrected chi connectivity index (χ1v) is 6.90. The minimum atomic E-state index is 0.598. The lowest BCUT2D eigenvalue weighted by molar-refractivity contribution is 0.527. The van der Waals surface area contributed by atoms with Crippen LogP contribution in [0.25, 0.3) is 0 Å². The zero-order chi connectivity index (χ0) is 13.1. The Kier molecular flexibility index (Phi) is 4.07. The van der Waals surface area contributed by atoms with E-state index >= 15 is 0 Å². The van der Waals surface area contributed by atoms with Crippen molar-refractivity contribution in [1.29, 1.82) is 0 Å². The molecule has 1 aromatic heterocycles. The van der Waals surface area contributed by atoms with E-state index in [0.29, 0.717) is 5.92 Å². The summed E-state index contributed by atoms with van der Waals surface area (Å²) in [7, 11) is 0. The third-order valence-electron chi connectivity index (χ3n) is 2.65. The molecule has 0 radical (unpaired) electrons. The lowest BCUT2D eigenvalue weighted by Crippen LogP contribution is -2.07. The van der Waals surface area contributed by atoms with Gasteiger partial charge in [-0.05, 0) is 46.5 Å². The molecule has 2 aromatic rings. The quantitative estimate of drug-likeness (QED) is 0.910. The highest BCUT2D eigenvalue weighted by Crippen LogP contribution is 2.26. The number of aromatic nitrogens is 2. The SMILES string of the molecule is Cc1ccc(Nc2nccn2CC(C)C)c(Br)c1. The molecule has 0 aliphatic heterocycles. The third kappa shape index (κ3) is 3.13. The van der Waals surface area contributed by atoms with Crippen molar-refractivity contribution in [2.24, 2.45) is 5.92 Å². The van der Waals surface area contributed by atoms with Gasteiger partial charge in [0.05, 0.1) is 5.69 Å². The largest absolute Gasteiger partial charge is 0.325 e. The third-order valence-corrected chi connectivity index (χ3v) is 3.30. The van der Waals surface area contributed by atoms with E-state index in [2.05, 4.69) is 69.8 Å². The van der Waals surface area contributed by atoms with Crippen LogP contribution in [0.15, 0.2) is 35.1 Å². The average Bonchev–Trinajstić information content (AvgIpc) is 2.69. The molecule has 1 N–H and O–H groups in total. The van der Waals surface area contributed by atoms with Crippen molar-refractivity contribution in [3.8, 4) is 0 Å². The first kappa shape index (κ1) is 13.1. The summed E-state index contributed by atoms with van der Waals surface area (Å²) in [6.45, 7) is 7.44. The number of imidazole rings is 1. The summed E-state index contributed by atoms with van der Waals surface area (Å²) >= 11 is 3.57. The van der Waals surface area contributed by atoms with Crippen molar-refractivity contribution in [1.82, 2.24) is 9.55 Å². The molecular formula is C14H18BrN3. The molecule has 0 fully saturated rings. The second kappa shape index (κ2) is 5.57. The number of aryl methyl sites for hydroxylation is 1. The van der Waals surface area contributed by atoms with Gasteiger partial charge in [-0.25, -0.2) is 4.98 Å². The van der Waals surface area contributed by atoms with Crippen LogP contribution in [0.3, 0.4) is 0 Å². The van der Waals surface area contributed by atoms with E-state index < -0.39 is 0 Å². The van der Waals surface area contributed by atoms with Crippen molar-refractivity contribution in [3.63, 3.8) is 0 Å². The maximum atomic E-state index is 4.36. The summed E-state index contributed by atoms with van der Waals surface area (Å²) in [5, 5.41) is 3.36. The number of halogens is 1. The number of nitrogens with zero attached hydrogens (tertiary/aromatic N) is 2. The van der Waals surface area contributed by atoms with Gasteiger partial charge < -0.3 is 9.88 Å². The predicted octanol–water partition coefficient (Wildman–Crippen LogP) is 4.35. The topological polar surface area (TPSA) is 29.9 Å². The van der Waals surface area contributed by atoms with E-state index in [1.165, 1.54) is 5.56 Å². The van der Waals surface area contributed by atoms with Crippen molar-refractivity contribution >= 4 is 27.6 Å². The first-order chi connectivity index (χ1) is 8.56. The highest BCUT2D eigenvalue weighted by molar-refractivity contribution is 9.10. The lowest BCUT2D eigenvalue weighted by atomic mass is 10.2. The second-order valence-corrected chi connectivity index (χ2v) is 5.76. The zero-order valence-electron chi connectivity index (χ0n) is 10.9. The number of nitrogens with one attached hydrogen (secondary N) is 1. The Morgan fingerprint density at radius 3 is 2.83 bits per heavy atom. The Morgan fingerprint density at radius 1 is 1.39 bits per heavy atom. The Balaban J connectivity index is 2.21. The highest BCUT2D eigenvalue weighted by Gasteiger charge is 2.07. The van der Waals surface area contributed by atoms with Crippen molar-refractivity contribution in [2.75, 3.05) is 5.32 Å². The summed E-state index contributed by atoms with van der Waals surface area (Å²) in [4.78, 5) is 4.36. The molecule has 0 unspecified atom stereocenters. The number of hydrogen-bond acceptors (Lipinski definition) is 2. The number of hydrogen-bond donors (Lipinski definition) is 1. The van der Waals surface area contributed by atoms with Crippen molar-refractivity contribution < 1.29 is 0 Å². The Labute approximate surface area is 116 Å². The van der Waals surface area contributed by atoms with Gasteiger partial charge in [0, 0.05) is 23.4 Å². The van der Waals surface area contributed by atoms with Crippen molar-refractivity contribution in [3.05, 3.63) is 40.6 Å². The van der Waals surface area contributed by atoms with E-state index in [-0.39, 0.29) is 0 Å². The molecule has 4 heteroatoms. The van der Waals surface area contributed by atoms with Gasteiger partial charge in [0.15, 0.2) is 0 Å². The summed E-state index contributed by atoms with van der Waals surface area (Å²) in [6, 6.07) is 6.24. The van der Waals surface area contributed by atoms with Crippen LogP contribution in [0.2, 0.25) is 0 Å². The molecule has 0 saturated carbocycles. The smallest absolute Gasteiger partial charge is 0.207 e. The van der Waals surface area contributed by atoms with Gasteiger partial charge in [-0.3, -0.25) is 0 Å². The number of anilines is 2. The Morgan fingerprint density at radius 2 is 2.17 bits per heavy atom. The molecule has 1 aromatic carbocycles. The van der Waals surface area contributed by atoms with Crippen LogP contribution >= 0.6 is 15.9 Å². The van der Waals surface area contributed by atoms with Crippen LogP contribution in [0.1, 0.15) is 19.4 Å². The summed E-state index contributed by atoms with van der Waals surface area (Å²) in [5.41, 5.74) is 2.27. The minimum Gasteiger partial charge on any atom is -0.325 e. The van der Waals surface area contributed by atoms with Gasteiger partial charge in [-0.15, -0.1) is 0 Å². The maximum Gasteiger partial charge on any atom is 0.207 e. The minimum absolute atomic E-state index is 0.598. The highest BCUT2D eigenvalue weighted by atomic mass is 79.9. The van der Waals surface area contributed by atoms with Gasteiger partial charge in [0.2, 0.25) is 5.95 Å². The molecular weight excluding hydrogens is 290 g/mol. The zero-order valence-corrected chi connectivity index (χ0v) is 12.5. The molecule has 0 aliphatic carbocycles. The maximum absolute atomic E-state index is 4.36. The Hall–Kier alpha value is -1.29. The molecule has 0 amide bonds. The molecule has 0 bridgehead atoms.